The lowest BCUT2D eigenvalue weighted by molar-refractivity contribution is 0.478. The van der Waals surface area contributed by atoms with Crippen LogP contribution >= 0.6 is 7.52 Å². The van der Waals surface area contributed by atoms with Gasteiger partial charge in [-0.15, -0.1) is 11.3 Å². The highest BCUT2D eigenvalue weighted by Crippen LogP contribution is 2.42. The number of hydrogen-bond donors (Lipinski definition) is 1. The molecule has 0 aliphatic heterocycles. The third-order valence-electron chi connectivity index (χ3n) is 1.03. The van der Waals surface area contributed by atoms with E-state index in [1.807, 2.05) is 0 Å². The summed E-state index contributed by atoms with van der Waals surface area (Å²) in [6.07, 6.45) is 1.44. The molecular formula is C6H10NO3P. The molecule has 1 N–H and O–H groups in total. The summed E-state index contributed by atoms with van der Waals surface area (Å²) in [5.74, 6) is 0. The third kappa shape index (κ3) is 5.74. The lowest BCUT2D eigenvalue weighted by atomic mass is 10.3. The highest BCUT2D eigenvalue weighted by atomic mass is 31.2. The number of hydrogen-bond acceptors (Lipinski definition) is 2. The molecule has 4 nitrogen and oxygen atoms in total. The second kappa shape index (κ2) is 4.24. The van der Waals surface area contributed by atoms with Gasteiger partial charge in [0.25, 0.3) is 0 Å². The highest BCUT2D eigenvalue weighted by molar-refractivity contribution is 7.56. The van der Waals surface area contributed by atoms with E-state index in [0.717, 1.165) is 11.7 Å². The molecule has 0 aromatic heterocycles. The van der Waals surface area contributed by atoms with Crippen molar-refractivity contribution in [2.75, 3.05) is 6.16 Å². The van der Waals surface area contributed by atoms with E-state index in [0.29, 0.717) is 6.42 Å². The van der Waals surface area contributed by atoms with Gasteiger partial charge in [-0.3, -0.25) is 4.57 Å². The first-order valence-corrected chi connectivity index (χ1v) is 4.83. The Bertz CT molecular complexity index is 242. The van der Waals surface area contributed by atoms with Crippen LogP contribution in [0.25, 0.3) is 0 Å². The van der Waals surface area contributed by atoms with E-state index in [2.05, 4.69) is 11.3 Å². The lowest BCUT2D eigenvalue weighted by Gasteiger charge is -2.01. The molecule has 1 atom stereocenters. The van der Waals surface area contributed by atoms with Gasteiger partial charge in [0.15, 0.2) is 0 Å². The largest absolute Gasteiger partial charge is 0.327 e. The predicted molar refractivity (Wildman–Crippen MR) is 42.2 cm³/mol. The van der Waals surface area contributed by atoms with Gasteiger partial charge in [0.05, 0.1) is 0 Å². The minimum absolute atomic E-state index is 0.0302. The van der Waals surface area contributed by atoms with Crippen LogP contribution in [0, 0.1) is 0 Å². The topological polar surface area (TPSA) is 66.7 Å². The zero-order chi connectivity index (χ0) is 8.91. The molecule has 0 spiro atoms. The number of allylic oxidation sites excluding steroid dienone is 1. The van der Waals surface area contributed by atoms with Crippen molar-refractivity contribution in [3.8, 4) is 0 Å². The summed E-state index contributed by atoms with van der Waals surface area (Å²) in [5.41, 5.74) is 0.792. The number of isocyanates is 1. The maximum atomic E-state index is 10.8. The Labute approximate surface area is 65.2 Å². The van der Waals surface area contributed by atoms with Gasteiger partial charge in [-0.2, -0.15) is 0 Å². The van der Waals surface area contributed by atoms with Crippen molar-refractivity contribution >= 4 is 13.6 Å². The van der Waals surface area contributed by atoms with E-state index in [-0.39, 0.29) is 6.16 Å². The smallest absolute Gasteiger partial charge is 0.322 e. The van der Waals surface area contributed by atoms with Crippen molar-refractivity contribution in [2.24, 2.45) is 4.76 Å². The Kier molecular flexibility index (Phi) is 3.98. The second-order valence-corrected chi connectivity index (χ2v) is 4.26. The maximum Gasteiger partial charge on any atom is 0.322 e. The van der Waals surface area contributed by atoms with Gasteiger partial charge in [-0.05, 0) is 13.3 Å². The summed E-state index contributed by atoms with van der Waals surface area (Å²) in [5, 5.41) is 0. The molecule has 0 aromatic carbocycles. The average Bonchev–Trinajstić information content (AvgIpc) is 1.84. The summed E-state index contributed by atoms with van der Waals surface area (Å²) >= 11 is 0. The Morgan fingerprint density at radius 1 is 1.82 bits per heavy atom. The molecule has 0 bridgehead atoms. The molecule has 0 amide bonds. The van der Waals surface area contributed by atoms with Crippen molar-refractivity contribution in [1.82, 2.24) is 0 Å². The standard InChI is InChI=1S/C6H10NO3P/c1-6(2)3-4-11(9,10)7-5-8/h1,3-4H2,2H3,(H,9,10). The lowest BCUT2D eigenvalue weighted by Crippen LogP contribution is -1.86. The molecule has 0 radical (unpaired) electrons. The quantitative estimate of drug-likeness (QED) is 0.304. The van der Waals surface area contributed by atoms with Gasteiger partial charge >= 0.3 is 7.52 Å². The molecule has 0 aromatic rings. The summed E-state index contributed by atoms with van der Waals surface area (Å²) in [6, 6.07) is 0. The van der Waals surface area contributed by atoms with Crippen molar-refractivity contribution in [3.63, 3.8) is 0 Å². The SMILES string of the molecule is C=C(C)CCP(=O)(O)N=C=O. The van der Waals surface area contributed by atoms with E-state index in [9.17, 15) is 9.36 Å². The van der Waals surface area contributed by atoms with Gasteiger partial charge in [0.1, 0.15) is 0 Å². The number of nitrogens with zero attached hydrogens (tertiary/aromatic N) is 1. The van der Waals surface area contributed by atoms with Gasteiger partial charge in [-0.25, -0.2) is 4.79 Å². The monoisotopic (exact) mass is 175 g/mol. The Morgan fingerprint density at radius 2 is 2.36 bits per heavy atom. The first-order chi connectivity index (χ1) is 4.98. The van der Waals surface area contributed by atoms with E-state index in [4.69, 9.17) is 4.89 Å². The zero-order valence-electron chi connectivity index (χ0n) is 6.28. The van der Waals surface area contributed by atoms with Crippen LogP contribution in [0.2, 0.25) is 0 Å². The molecule has 0 heterocycles. The Balaban J connectivity index is 4.03. The fourth-order valence-corrected chi connectivity index (χ4v) is 1.35. The molecule has 0 rings (SSSR count). The summed E-state index contributed by atoms with van der Waals surface area (Å²) in [6.45, 7) is 5.29. The summed E-state index contributed by atoms with van der Waals surface area (Å²) in [7, 11) is -3.61. The van der Waals surface area contributed by atoms with Crippen molar-refractivity contribution in [2.45, 2.75) is 13.3 Å². The van der Waals surface area contributed by atoms with Crippen LogP contribution in [-0.2, 0) is 9.36 Å². The first-order valence-electron chi connectivity index (χ1n) is 3.03. The zero-order valence-corrected chi connectivity index (χ0v) is 7.17. The normalized spacial score (nSPS) is 14.7. The van der Waals surface area contributed by atoms with Gasteiger partial charge < -0.3 is 4.89 Å². The van der Waals surface area contributed by atoms with E-state index in [1.165, 1.54) is 0 Å². The molecule has 5 heteroatoms. The molecule has 1 unspecified atom stereocenters. The molecule has 0 fully saturated rings. The van der Waals surface area contributed by atoms with Gasteiger partial charge in [0, 0.05) is 6.16 Å². The highest BCUT2D eigenvalue weighted by Gasteiger charge is 2.15. The van der Waals surface area contributed by atoms with E-state index < -0.39 is 7.52 Å². The van der Waals surface area contributed by atoms with E-state index >= 15 is 0 Å². The number of rotatable bonds is 4. The van der Waals surface area contributed by atoms with Crippen LogP contribution in [0.5, 0.6) is 0 Å². The summed E-state index contributed by atoms with van der Waals surface area (Å²) < 4.78 is 13.6. The van der Waals surface area contributed by atoms with Crippen molar-refractivity contribution in [1.29, 1.82) is 0 Å². The average molecular weight is 175 g/mol. The van der Waals surface area contributed by atoms with Crippen molar-refractivity contribution < 1.29 is 14.3 Å². The number of carbonyl (C=O) groups excluding carboxylic acids is 1. The fourth-order valence-electron chi connectivity index (χ4n) is 0.450. The first kappa shape index (κ1) is 10.3. The molecule has 0 saturated heterocycles. The summed E-state index contributed by atoms with van der Waals surface area (Å²) in [4.78, 5) is 18.5. The van der Waals surface area contributed by atoms with E-state index in [1.54, 1.807) is 6.92 Å². The minimum Gasteiger partial charge on any atom is -0.327 e. The van der Waals surface area contributed by atoms with Crippen LogP contribution in [0.1, 0.15) is 13.3 Å². The van der Waals surface area contributed by atoms with Crippen LogP contribution < -0.4 is 0 Å². The molecule has 62 valence electrons. The fraction of sp³-hybridized carbons (Fsp3) is 0.500. The van der Waals surface area contributed by atoms with Gasteiger partial charge in [0.2, 0.25) is 6.08 Å². The second-order valence-electron chi connectivity index (χ2n) is 2.29. The minimum atomic E-state index is -3.61. The van der Waals surface area contributed by atoms with Crippen LogP contribution in [0.3, 0.4) is 0 Å². The predicted octanol–water partition coefficient (Wildman–Crippen LogP) is 1.47. The Morgan fingerprint density at radius 3 is 2.73 bits per heavy atom. The molecule has 11 heavy (non-hydrogen) atoms. The van der Waals surface area contributed by atoms with Gasteiger partial charge in [-0.1, -0.05) is 5.57 Å². The molecule has 0 aliphatic rings. The molecule has 0 aliphatic carbocycles. The van der Waals surface area contributed by atoms with Crippen molar-refractivity contribution in [3.05, 3.63) is 12.2 Å². The van der Waals surface area contributed by atoms with Crippen LogP contribution in [-0.4, -0.2) is 17.1 Å². The van der Waals surface area contributed by atoms with Crippen LogP contribution in [0.4, 0.5) is 0 Å². The molecule has 0 saturated carbocycles. The van der Waals surface area contributed by atoms with Crippen LogP contribution in [0.15, 0.2) is 16.9 Å². The maximum absolute atomic E-state index is 10.8. The molecular weight excluding hydrogens is 165 g/mol. The Hall–Kier alpha value is -0.690. The third-order valence-corrected chi connectivity index (χ3v) is 2.23.